The van der Waals surface area contributed by atoms with Crippen molar-refractivity contribution in [1.82, 2.24) is 4.90 Å². The maximum atomic E-state index is 11.0. The van der Waals surface area contributed by atoms with E-state index in [9.17, 15) is 8.42 Å². The first-order chi connectivity index (χ1) is 6.76. The van der Waals surface area contributed by atoms with Crippen LogP contribution in [0.25, 0.3) is 0 Å². The maximum absolute atomic E-state index is 11.0. The second-order valence-electron chi connectivity index (χ2n) is 3.83. The minimum Gasteiger partial charge on any atom is -0.393 e. The number of rotatable bonds is 7. The molecule has 6 heteroatoms. The molecule has 0 fully saturated rings. The van der Waals surface area contributed by atoms with Crippen LogP contribution in [0.15, 0.2) is 0 Å². The Kier molecular flexibility index (Phi) is 6.31. The van der Waals surface area contributed by atoms with E-state index in [0.29, 0.717) is 11.5 Å². The summed E-state index contributed by atoms with van der Waals surface area (Å²) in [6, 6.07) is 0. The molecule has 4 nitrogen and oxygen atoms in total. The molecule has 0 radical (unpaired) electrons. The van der Waals surface area contributed by atoms with Crippen molar-refractivity contribution in [2.75, 3.05) is 31.6 Å². The maximum Gasteiger partial charge on any atom is 0.148 e. The van der Waals surface area contributed by atoms with E-state index in [1.165, 1.54) is 6.26 Å². The zero-order chi connectivity index (χ0) is 12.1. The van der Waals surface area contributed by atoms with Gasteiger partial charge in [0.25, 0.3) is 0 Å². The highest BCUT2D eigenvalue weighted by Crippen LogP contribution is 2.01. The number of hydrogen-bond acceptors (Lipinski definition) is 4. The molecule has 2 N–H and O–H groups in total. The first-order valence-electron chi connectivity index (χ1n) is 4.95. The van der Waals surface area contributed by atoms with Crippen molar-refractivity contribution in [3.63, 3.8) is 0 Å². The van der Waals surface area contributed by atoms with Crippen LogP contribution in [0.1, 0.15) is 13.8 Å². The number of nitrogens with two attached hydrogens (primary N) is 1. The predicted molar refractivity (Wildman–Crippen MR) is 67.8 cm³/mol. The lowest BCUT2D eigenvalue weighted by atomic mass is 10.1. The molecule has 1 unspecified atom stereocenters. The summed E-state index contributed by atoms with van der Waals surface area (Å²) >= 11 is 4.87. The molecule has 0 aliphatic carbocycles. The van der Waals surface area contributed by atoms with Crippen molar-refractivity contribution in [1.29, 1.82) is 0 Å². The fourth-order valence-electron chi connectivity index (χ4n) is 1.15. The number of thiocarbonyl (C=S) groups is 1. The molecule has 0 saturated heterocycles. The summed E-state index contributed by atoms with van der Waals surface area (Å²) in [5.74, 6) is 0.310. The number of hydrogen-bond donors (Lipinski definition) is 1. The van der Waals surface area contributed by atoms with Crippen LogP contribution < -0.4 is 5.73 Å². The van der Waals surface area contributed by atoms with Crippen molar-refractivity contribution < 1.29 is 8.42 Å². The Bertz CT molecular complexity index is 301. The van der Waals surface area contributed by atoms with Crippen LogP contribution in [0.5, 0.6) is 0 Å². The lowest BCUT2D eigenvalue weighted by molar-refractivity contribution is 0.287. The van der Waals surface area contributed by atoms with Gasteiger partial charge >= 0.3 is 0 Å². The molecule has 0 amide bonds. The van der Waals surface area contributed by atoms with Crippen LogP contribution in [0.4, 0.5) is 0 Å². The molecule has 0 saturated carbocycles. The largest absolute Gasteiger partial charge is 0.393 e. The molecule has 0 bridgehead atoms. The molecule has 0 spiro atoms. The average Bonchev–Trinajstić information content (AvgIpc) is 2.10. The van der Waals surface area contributed by atoms with E-state index in [2.05, 4.69) is 0 Å². The van der Waals surface area contributed by atoms with E-state index >= 15 is 0 Å². The van der Waals surface area contributed by atoms with Gasteiger partial charge < -0.3 is 10.6 Å². The van der Waals surface area contributed by atoms with Crippen molar-refractivity contribution in [3.05, 3.63) is 0 Å². The molecule has 0 aromatic carbocycles. The Balaban J connectivity index is 4.10. The third-order valence-electron chi connectivity index (χ3n) is 2.24. The van der Waals surface area contributed by atoms with Gasteiger partial charge in [-0.1, -0.05) is 26.1 Å². The van der Waals surface area contributed by atoms with E-state index in [-0.39, 0.29) is 11.7 Å². The first-order valence-corrected chi connectivity index (χ1v) is 7.42. The van der Waals surface area contributed by atoms with Crippen LogP contribution >= 0.6 is 12.2 Å². The predicted octanol–water partition coefficient (Wildman–Crippen LogP) is 0.275. The van der Waals surface area contributed by atoms with Gasteiger partial charge in [-0.15, -0.1) is 0 Å². The zero-order valence-electron chi connectivity index (χ0n) is 9.56. The van der Waals surface area contributed by atoms with E-state index < -0.39 is 9.84 Å². The Morgan fingerprint density at radius 1 is 1.53 bits per heavy atom. The van der Waals surface area contributed by atoms with Crippen LogP contribution in [-0.2, 0) is 9.84 Å². The molecule has 0 aliphatic rings. The van der Waals surface area contributed by atoms with E-state index in [4.69, 9.17) is 18.0 Å². The van der Waals surface area contributed by atoms with E-state index in [1.54, 1.807) is 0 Å². The Morgan fingerprint density at radius 3 is 2.40 bits per heavy atom. The molecule has 0 rings (SSSR count). The fraction of sp³-hybridized carbons (Fsp3) is 0.889. The van der Waals surface area contributed by atoms with Gasteiger partial charge in [0.2, 0.25) is 0 Å². The van der Waals surface area contributed by atoms with Crippen molar-refractivity contribution >= 4 is 27.0 Å². The molecule has 0 aromatic heterocycles. The summed E-state index contributed by atoms with van der Waals surface area (Å²) < 4.78 is 22.0. The zero-order valence-corrected chi connectivity index (χ0v) is 11.2. The monoisotopic (exact) mass is 252 g/mol. The van der Waals surface area contributed by atoms with Crippen LogP contribution in [0.2, 0.25) is 0 Å². The quantitative estimate of drug-likeness (QED) is 0.659. The highest BCUT2D eigenvalue weighted by Gasteiger charge is 2.12. The third kappa shape index (κ3) is 7.70. The summed E-state index contributed by atoms with van der Waals surface area (Å²) in [6.07, 6.45) is 1.25. The molecular formula is C9H20N2O2S2. The summed E-state index contributed by atoms with van der Waals surface area (Å²) in [6.45, 7) is 6.02. The lowest BCUT2D eigenvalue weighted by Crippen LogP contribution is -2.36. The molecule has 90 valence electrons. The first kappa shape index (κ1) is 14.8. The Hall–Kier alpha value is -0.200. The fourth-order valence-corrected chi connectivity index (χ4v) is 1.82. The highest BCUT2D eigenvalue weighted by molar-refractivity contribution is 7.90. The molecule has 0 aromatic rings. The Morgan fingerprint density at radius 2 is 2.07 bits per heavy atom. The average molecular weight is 252 g/mol. The van der Waals surface area contributed by atoms with Crippen LogP contribution in [0.3, 0.4) is 0 Å². The summed E-state index contributed by atoms with van der Waals surface area (Å²) in [7, 11) is -2.89. The van der Waals surface area contributed by atoms with Gasteiger partial charge in [0.1, 0.15) is 9.84 Å². The smallest absolute Gasteiger partial charge is 0.148 e. The van der Waals surface area contributed by atoms with Gasteiger partial charge in [-0.25, -0.2) is 8.42 Å². The standard InChI is InChI=1S/C9H20N2O2S2/c1-4-11(5-6-15(3,12)13)7-8(2)9(10)14/h8H,4-7H2,1-3H3,(H2,10,14). The lowest BCUT2D eigenvalue weighted by Gasteiger charge is -2.23. The normalized spacial score (nSPS) is 14.1. The van der Waals surface area contributed by atoms with Gasteiger partial charge in [-0.05, 0) is 6.54 Å². The Labute approximate surface area is 97.7 Å². The van der Waals surface area contributed by atoms with Gasteiger partial charge in [-0.3, -0.25) is 0 Å². The number of nitrogens with zero attached hydrogens (tertiary/aromatic N) is 1. The van der Waals surface area contributed by atoms with Crippen LogP contribution in [0, 0.1) is 5.92 Å². The minimum atomic E-state index is -2.89. The molecular weight excluding hydrogens is 232 g/mol. The molecule has 0 aliphatic heterocycles. The summed E-state index contributed by atoms with van der Waals surface area (Å²) in [4.78, 5) is 2.53. The SMILES string of the molecule is CCN(CCS(C)(=O)=O)CC(C)C(N)=S. The van der Waals surface area contributed by atoms with Gasteiger partial charge in [0.15, 0.2) is 0 Å². The van der Waals surface area contributed by atoms with Crippen LogP contribution in [-0.4, -0.2) is 49.9 Å². The van der Waals surface area contributed by atoms with Crippen molar-refractivity contribution in [2.24, 2.45) is 11.7 Å². The molecule has 15 heavy (non-hydrogen) atoms. The molecule has 0 heterocycles. The summed E-state index contributed by atoms with van der Waals surface area (Å²) in [5, 5.41) is 0. The highest BCUT2D eigenvalue weighted by atomic mass is 32.2. The minimum absolute atomic E-state index is 0.125. The molecule has 1 atom stereocenters. The van der Waals surface area contributed by atoms with Gasteiger partial charge in [0, 0.05) is 25.3 Å². The second kappa shape index (κ2) is 6.40. The van der Waals surface area contributed by atoms with E-state index in [1.807, 2.05) is 18.7 Å². The van der Waals surface area contributed by atoms with Crippen molar-refractivity contribution in [2.45, 2.75) is 13.8 Å². The van der Waals surface area contributed by atoms with Crippen molar-refractivity contribution in [3.8, 4) is 0 Å². The van der Waals surface area contributed by atoms with Gasteiger partial charge in [0.05, 0.1) is 10.7 Å². The second-order valence-corrected chi connectivity index (χ2v) is 6.56. The number of sulfone groups is 1. The third-order valence-corrected chi connectivity index (χ3v) is 3.57. The van der Waals surface area contributed by atoms with E-state index in [0.717, 1.165) is 13.1 Å². The topological polar surface area (TPSA) is 63.4 Å². The van der Waals surface area contributed by atoms with Gasteiger partial charge in [-0.2, -0.15) is 0 Å². The summed E-state index contributed by atoms with van der Waals surface area (Å²) in [5.41, 5.74) is 5.51.